The first-order chi connectivity index (χ1) is 5.24. The summed E-state index contributed by atoms with van der Waals surface area (Å²) in [6.45, 7) is 3.85. The minimum absolute atomic E-state index is 0.212. The molecular weight excluding hydrogens is 142 g/mol. The topological polar surface area (TPSA) is 38.7 Å². The zero-order valence-corrected chi connectivity index (χ0v) is 6.96. The lowest BCUT2D eigenvalue weighted by atomic mass is 10.2. The monoisotopic (exact) mass is 155 g/mol. The van der Waals surface area contributed by atoms with Gasteiger partial charge in [-0.2, -0.15) is 0 Å². The highest BCUT2D eigenvalue weighted by molar-refractivity contribution is 5.96. The first-order valence-corrected chi connectivity index (χ1v) is 4.02. The number of cyclic esters (lactones) is 1. The third-order valence-electron chi connectivity index (χ3n) is 1.64. The minimum atomic E-state index is -0.276. The average molecular weight is 155 g/mol. The van der Waals surface area contributed by atoms with E-state index < -0.39 is 0 Å². The number of rotatable bonds is 3. The quantitative estimate of drug-likeness (QED) is 0.579. The second-order valence-electron chi connectivity index (χ2n) is 2.72. The summed E-state index contributed by atoms with van der Waals surface area (Å²) >= 11 is 0. The number of esters is 1. The molecule has 0 saturated heterocycles. The molecule has 0 saturated carbocycles. The molecule has 11 heavy (non-hydrogen) atoms. The van der Waals surface area contributed by atoms with Crippen LogP contribution in [0.4, 0.5) is 0 Å². The lowest BCUT2D eigenvalue weighted by Gasteiger charge is -1.95. The number of unbranched alkanes of at least 4 members (excludes halogenated alkanes) is 1. The Morgan fingerprint density at radius 1 is 1.64 bits per heavy atom. The highest BCUT2D eigenvalue weighted by Gasteiger charge is 2.23. The Morgan fingerprint density at radius 3 is 2.82 bits per heavy atom. The second kappa shape index (κ2) is 3.51. The largest absolute Gasteiger partial charge is 0.410 e. The number of carbonyl (C=O) groups excluding carboxylic acids is 1. The smallest absolute Gasteiger partial charge is 0.337 e. The van der Waals surface area contributed by atoms with Crippen molar-refractivity contribution in [1.82, 2.24) is 0 Å². The van der Waals surface area contributed by atoms with Crippen LogP contribution < -0.4 is 0 Å². The molecule has 1 aliphatic rings. The number of hydrogen-bond acceptors (Lipinski definition) is 3. The molecule has 1 aliphatic heterocycles. The van der Waals surface area contributed by atoms with Gasteiger partial charge in [0.1, 0.15) is 6.04 Å². The molecule has 3 nitrogen and oxygen atoms in total. The van der Waals surface area contributed by atoms with Gasteiger partial charge in [0.15, 0.2) is 5.90 Å². The minimum Gasteiger partial charge on any atom is -0.410 e. The lowest BCUT2D eigenvalue weighted by Crippen LogP contribution is -2.10. The molecule has 1 rings (SSSR count). The average Bonchev–Trinajstić information content (AvgIpc) is 2.28. The standard InChI is InChI=1S/C8H13NO2/c1-3-4-5-7-9-6(2)8(10)11-7/h6H,3-5H2,1-2H3. The van der Waals surface area contributed by atoms with Crippen molar-refractivity contribution in [2.45, 2.75) is 39.2 Å². The van der Waals surface area contributed by atoms with Crippen molar-refractivity contribution in [3.05, 3.63) is 0 Å². The van der Waals surface area contributed by atoms with E-state index in [0.29, 0.717) is 5.90 Å². The number of carbonyl (C=O) groups is 1. The summed E-state index contributed by atoms with van der Waals surface area (Å²) in [5, 5.41) is 0. The number of ether oxygens (including phenoxy) is 1. The molecule has 0 aromatic heterocycles. The van der Waals surface area contributed by atoms with Crippen LogP contribution in [0.3, 0.4) is 0 Å². The van der Waals surface area contributed by atoms with E-state index in [1.54, 1.807) is 6.92 Å². The molecule has 0 radical (unpaired) electrons. The summed E-state index contributed by atoms with van der Waals surface area (Å²) in [7, 11) is 0. The van der Waals surface area contributed by atoms with Crippen molar-refractivity contribution >= 4 is 11.9 Å². The van der Waals surface area contributed by atoms with Gasteiger partial charge in [0.05, 0.1) is 0 Å². The molecule has 0 N–H and O–H groups in total. The number of hydrogen-bond donors (Lipinski definition) is 0. The molecule has 1 atom stereocenters. The predicted molar refractivity (Wildman–Crippen MR) is 42.5 cm³/mol. The molecule has 0 spiro atoms. The first-order valence-electron chi connectivity index (χ1n) is 4.02. The van der Waals surface area contributed by atoms with Crippen molar-refractivity contribution in [1.29, 1.82) is 0 Å². The van der Waals surface area contributed by atoms with Crippen LogP contribution in [0, 0.1) is 0 Å². The highest BCUT2D eigenvalue weighted by atomic mass is 16.6. The molecular formula is C8H13NO2. The van der Waals surface area contributed by atoms with Gasteiger partial charge in [-0.1, -0.05) is 13.3 Å². The number of aliphatic imine (C=N–C) groups is 1. The van der Waals surface area contributed by atoms with E-state index in [1.165, 1.54) is 0 Å². The predicted octanol–water partition coefficient (Wildman–Crippen LogP) is 1.52. The second-order valence-corrected chi connectivity index (χ2v) is 2.72. The van der Waals surface area contributed by atoms with Gasteiger partial charge < -0.3 is 4.74 Å². The highest BCUT2D eigenvalue weighted by Crippen LogP contribution is 2.09. The zero-order valence-electron chi connectivity index (χ0n) is 6.96. The van der Waals surface area contributed by atoms with Gasteiger partial charge in [-0.15, -0.1) is 0 Å². The molecule has 0 bridgehead atoms. The van der Waals surface area contributed by atoms with Gasteiger partial charge in [0.25, 0.3) is 0 Å². The van der Waals surface area contributed by atoms with E-state index in [4.69, 9.17) is 4.74 Å². The third-order valence-corrected chi connectivity index (χ3v) is 1.64. The maximum atomic E-state index is 10.8. The van der Waals surface area contributed by atoms with Crippen LogP contribution in [0.15, 0.2) is 4.99 Å². The van der Waals surface area contributed by atoms with E-state index >= 15 is 0 Å². The Bertz CT molecular complexity index is 187. The molecule has 0 aromatic rings. The van der Waals surface area contributed by atoms with Crippen molar-refractivity contribution in [2.75, 3.05) is 0 Å². The van der Waals surface area contributed by atoms with Gasteiger partial charge >= 0.3 is 5.97 Å². The van der Waals surface area contributed by atoms with Crippen LogP contribution in [0.25, 0.3) is 0 Å². The van der Waals surface area contributed by atoms with E-state index in [9.17, 15) is 4.79 Å². The molecule has 0 aliphatic carbocycles. The Labute approximate surface area is 66.5 Å². The van der Waals surface area contributed by atoms with Crippen molar-refractivity contribution in [3.63, 3.8) is 0 Å². The summed E-state index contributed by atoms with van der Waals surface area (Å²) in [4.78, 5) is 14.9. The Morgan fingerprint density at radius 2 is 2.36 bits per heavy atom. The van der Waals surface area contributed by atoms with Crippen LogP contribution in [0.1, 0.15) is 33.1 Å². The SMILES string of the molecule is CCCCC1=NC(C)C(=O)O1. The molecule has 3 heteroatoms. The summed E-state index contributed by atoms with van der Waals surface area (Å²) < 4.78 is 4.89. The number of nitrogens with zero attached hydrogens (tertiary/aromatic N) is 1. The molecule has 1 unspecified atom stereocenters. The molecule has 0 amide bonds. The fourth-order valence-electron chi connectivity index (χ4n) is 0.940. The van der Waals surface area contributed by atoms with E-state index in [2.05, 4.69) is 11.9 Å². The maximum Gasteiger partial charge on any atom is 0.337 e. The maximum absolute atomic E-state index is 10.8. The van der Waals surface area contributed by atoms with Gasteiger partial charge in [0, 0.05) is 6.42 Å². The van der Waals surface area contributed by atoms with Crippen molar-refractivity contribution in [2.24, 2.45) is 4.99 Å². The van der Waals surface area contributed by atoms with E-state index in [-0.39, 0.29) is 12.0 Å². The van der Waals surface area contributed by atoms with Crippen LogP contribution in [0.5, 0.6) is 0 Å². The molecule has 62 valence electrons. The molecule has 0 fully saturated rings. The van der Waals surface area contributed by atoms with Crippen LogP contribution >= 0.6 is 0 Å². The van der Waals surface area contributed by atoms with E-state index in [0.717, 1.165) is 19.3 Å². The molecule has 1 heterocycles. The summed E-state index contributed by atoms with van der Waals surface area (Å²) in [6.07, 6.45) is 2.94. The third kappa shape index (κ3) is 2.03. The lowest BCUT2D eigenvalue weighted by molar-refractivity contribution is -0.134. The Kier molecular flexibility index (Phi) is 2.63. The normalized spacial score (nSPS) is 23.3. The van der Waals surface area contributed by atoms with Crippen molar-refractivity contribution in [3.8, 4) is 0 Å². The van der Waals surface area contributed by atoms with Gasteiger partial charge in [-0.3, -0.25) is 0 Å². The summed E-state index contributed by atoms with van der Waals surface area (Å²) in [6, 6.07) is -0.276. The summed E-state index contributed by atoms with van der Waals surface area (Å²) in [5.41, 5.74) is 0. The fraction of sp³-hybridized carbons (Fsp3) is 0.750. The first kappa shape index (κ1) is 8.24. The van der Waals surface area contributed by atoms with Crippen LogP contribution in [0.2, 0.25) is 0 Å². The Hall–Kier alpha value is -0.860. The van der Waals surface area contributed by atoms with Gasteiger partial charge in [-0.25, -0.2) is 9.79 Å². The van der Waals surface area contributed by atoms with E-state index in [1.807, 2.05) is 0 Å². The van der Waals surface area contributed by atoms with Gasteiger partial charge in [-0.05, 0) is 13.3 Å². The molecule has 0 aromatic carbocycles. The zero-order chi connectivity index (χ0) is 8.27. The van der Waals surface area contributed by atoms with Crippen molar-refractivity contribution < 1.29 is 9.53 Å². The Balaban J connectivity index is 2.37. The summed E-state index contributed by atoms with van der Waals surface area (Å²) in [5.74, 6) is 0.403. The fourth-order valence-corrected chi connectivity index (χ4v) is 0.940. The van der Waals surface area contributed by atoms with Crippen LogP contribution in [-0.2, 0) is 9.53 Å². The van der Waals surface area contributed by atoms with Gasteiger partial charge in [0.2, 0.25) is 0 Å². The van der Waals surface area contributed by atoms with Crippen LogP contribution in [-0.4, -0.2) is 17.9 Å².